The number of anilines is 1. The van der Waals surface area contributed by atoms with Gasteiger partial charge in [0.25, 0.3) is 0 Å². The Bertz CT molecular complexity index is 454. The fourth-order valence-corrected chi connectivity index (χ4v) is 1.84. The van der Waals surface area contributed by atoms with Crippen molar-refractivity contribution >= 4 is 40.3 Å². The van der Waals surface area contributed by atoms with Gasteiger partial charge in [0.05, 0.1) is 6.61 Å². The van der Waals surface area contributed by atoms with Crippen molar-refractivity contribution in [3.05, 3.63) is 29.8 Å². The minimum absolute atomic E-state index is 0.460. The Morgan fingerprint density at radius 2 is 1.85 bits per heavy atom. The van der Waals surface area contributed by atoms with Crippen molar-refractivity contribution in [3.63, 3.8) is 0 Å². The molecule has 1 aromatic rings. The predicted octanol–water partition coefficient (Wildman–Crippen LogP) is 1.56. The Labute approximate surface area is 130 Å². The van der Waals surface area contributed by atoms with Gasteiger partial charge >= 0.3 is 0 Å². The normalized spacial score (nSPS) is 9.70. The first-order valence-corrected chi connectivity index (χ1v) is 7.16. The molecular weight excluding hydrogens is 292 g/mol. The molecular formula is C13H20N4OS2. The zero-order valence-corrected chi connectivity index (χ0v) is 13.3. The van der Waals surface area contributed by atoms with Crippen LogP contribution in [0.2, 0.25) is 0 Å². The first-order chi connectivity index (χ1) is 9.67. The molecule has 5 nitrogen and oxygen atoms in total. The molecule has 0 aliphatic rings. The molecule has 0 aromatic heterocycles. The average Bonchev–Trinajstić information content (AvgIpc) is 2.46. The summed E-state index contributed by atoms with van der Waals surface area (Å²) in [4.78, 5) is 0. The fourth-order valence-electron chi connectivity index (χ4n) is 1.53. The molecule has 0 bridgehead atoms. The average molecular weight is 312 g/mol. The topological polar surface area (TPSA) is 57.3 Å². The van der Waals surface area contributed by atoms with Crippen LogP contribution in [0.15, 0.2) is 24.3 Å². The monoisotopic (exact) mass is 312 g/mol. The van der Waals surface area contributed by atoms with Crippen molar-refractivity contribution in [1.82, 2.24) is 16.2 Å². The quantitative estimate of drug-likeness (QED) is 0.374. The number of para-hydroxylation sites is 1. The minimum atomic E-state index is 0.460. The number of thiocarbonyl (C=S) groups is 2. The summed E-state index contributed by atoms with van der Waals surface area (Å²) < 4.78 is 4.91. The standard InChI is InChI=1S/C13H20N4OS2/c1-3-10-6-4-5-7-11(10)15-13(20)17-16-12(19)14-8-9-18-2/h4-7H,3,8-9H2,1-2H3,(H2,14,16,19)(H2,15,17,20). The fraction of sp³-hybridized carbons (Fsp3) is 0.385. The highest BCUT2D eigenvalue weighted by Crippen LogP contribution is 2.14. The number of hydrogen-bond donors (Lipinski definition) is 4. The lowest BCUT2D eigenvalue weighted by Gasteiger charge is -2.15. The molecule has 1 rings (SSSR count). The van der Waals surface area contributed by atoms with Crippen LogP contribution in [0.3, 0.4) is 0 Å². The largest absolute Gasteiger partial charge is 0.383 e. The highest BCUT2D eigenvalue weighted by atomic mass is 32.1. The summed E-state index contributed by atoms with van der Waals surface area (Å²) in [6, 6.07) is 8.03. The molecule has 0 aliphatic carbocycles. The Morgan fingerprint density at radius 3 is 2.55 bits per heavy atom. The van der Waals surface area contributed by atoms with E-state index in [-0.39, 0.29) is 0 Å². The van der Waals surface area contributed by atoms with Crippen LogP contribution in [0.4, 0.5) is 5.69 Å². The second kappa shape index (κ2) is 9.46. The number of methoxy groups -OCH3 is 1. The summed E-state index contributed by atoms with van der Waals surface area (Å²) in [6.45, 7) is 3.33. The molecule has 7 heteroatoms. The van der Waals surface area contributed by atoms with Crippen molar-refractivity contribution in [2.75, 3.05) is 25.6 Å². The molecule has 110 valence electrons. The van der Waals surface area contributed by atoms with Gasteiger partial charge in [-0.1, -0.05) is 25.1 Å². The molecule has 0 saturated carbocycles. The molecule has 0 unspecified atom stereocenters. The van der Waals surface area contributed by atoms with Gasteiger partial charge < -0.3 is 15.4 Å². The summed E-state index contributed by atoms with van der Waals surface area (Å²) in [6.07, 6.45) is 0.941. The SMILES string of the molecule is CCc1ccccc1NC(=S)NNC(=S)NCCOC. The molecule has 0 atom stereocenters. The van der Waals surface area contributed by atoms with Crippen molar-refractivity contribution < 1.29 is 4.74 Å². The third kappa shape index (κ3) is 6.14. The third-order valence-electron chi connectivity index (χ3n) is 2.53. The Kier molecular flexibility index (Phi) is 7.86. The van der Waals surface area contributed by atoms with Gasteiger partial charge in [-0.2, -0.15) is 0 Å². The first kappa shape index (κ1) is 16.6. The van der Waals surface area contributed by atoms with Gasteiger partial charge in [0.15, 0.2) is 10.2 Å². The lowest BCUT2D eigenvalue weighted by atomic mass is 10.1. The van der Waals surface area contributed by atoms with E-state index in [1.807, 2.05) is 18.2 Å². The van der Waals surface area contributed by atoms with Gasteiger partial charge in [-0.05, 0) is 42.5 Å². The van der Waals surface area contributed by atoms with Gasteiger partial charge in [-0.3, -0.25) is 10.9 Å². The summed E-state index contributed by atoms with van der Waals surface area (Å²) in [5.74, 6) is 0. The second-order valence-electron chi connectivity index (χ2n) is 3.96. The zero-order chi connectivity index (χ0) is 14.8. The third-order valence-corrected chi connectivity index (χ3v) is 2.98. The van der Waals surface area contributed by atoms with Crippen molar-refractivity contribution in [2.45, 2.75) is 13.3 Å². The second-order valence-corrected chi connectivity index (χ2v) is 4.78. The summed E-state index contributed by atoms with van der Waals surface area (Å²) >= 11 is 10.3. The van der Waals surface area contributed by atoms with Crippen molar-refractivity contribution in [3.8, 4) is 0 Å². The van der Waals surface area contributed by atoms with Crippen LogP contribution in [-0.4, -0.2) is 30.5 Å². The van der Waals surface area contributed by atoms with E-state index in [9.17, 15) is 0 Å². The van der Waals surface area contributed by atoms with Crippen LogP contribution in [0, 0.1) is 0 Å². The van der Waals surface area contributed by atoms with E-state index in [4.69, 9.17) is 29.2 Å². The van der Waals surface area contributed by atoms with E-state index in [0.29, 0.717) is 23.4 Å². The van der Waals surface area contributed by atoms with Gasteiger partial charge in [0.1, 0.15) is 0 Å². The molecule has 0 heterocycles. The molecule has 0 radical (unpaired) electrons. The maximum Gasteiger partial charge on any atom is 0.189 e. The van der Waals surface area contributed by atoms with E-state index in [1.54, 1.807) is 7.11 Å². The number of ether oxygens (including phenoxy) is 1. The summed E-state index contributed by atoms with van der Waals surface area (Å²) in [5.41, 5.74) is 7.84. The van der Waals surface area contributed by atoms with E-state index in [1.165, 1.54) is 5.56 Å². The van der Waals surface area contributed by atoms with Crippen LogP contribution < -0.4 is 21.5 Å². The molecule has 4 N–H and O–H groups in total. The van der Waals surface area contributed by atoms with Crippen LogP contribution in [-0.2, 0) is 11.2 Å². The number of nitrogens with one attached hydrogen (secondary N) is 4. The molecule has 20 heavy (non-hydrogen) atoms. The zero-order valence-electron chi connectivity index (χ0n) is 11.7. The predicted molar refractivity (Wildman–Crippen MR) is 90.8 cm³/mol. The van der Waals surface area contributed by atoms with Gasteiger partial charge in [0, 0.05) is 19.3 Å². The number of hydrazine groups is 1. The van der Waals surface area contributed by atoms with E-state index < -0.39 is 0 Å². The Balaban J connectivity index is 2.35. The maximum absolute atomic E-state index is 5.20. The molecule has 0 amide bonds. The molecule has 0 saturated heterocycles. The highest BCUT2D eigenvalue weighted by Gasteiger charge is 2.02. The minimum Gasteiger partial charge on any atom is -0.383 e. The number of benzene rings is 1. The molecule has 0 fully saturated rings. The van der Waals surface area contributed by atoms with Gasteiger partial charge in [0.2, 0.25) is 0 Å². The first-order valence-electron chi connectivity index (χ1n) is 6.35. The maximum atomic E-state index is 5.20. The van der Waals surface area contributed by atoms with Crippen molar-refractivity contribution in [1.29, 1.82) is 0 Å². The van der Waals surface area contributed by atoms with Crippen LogP contribution in [0.5, 0.6) is 0 Å². The molecule has 1 aromatic carbocycles. The van der Waals surface area contributed by atoms with Gasteiger partial charge in [-0.25, -0.2) is 0 Å². The van der Waals surface area contributed by atoms with Crippen LogP contribution in [0.25, 0.3) is 0 Å². The Hall–Kier alpha value is -1.44. The lowest BCUT2D eigenvalue weighted by molar-refractivity contribution is 0.204. The summed E-state index contributed by atoms with van der Waals surface area (Å²) in [7, 11) is 1.64. The van der Waals surface area contributed by atoms with E-state index in [2.05, 4.69) is 34.5 Å². The molecule has 0 aliphatic heterocycles. The van der Waals surface area contributed by atoms with Crippen molar-refractivity contribution in [2.24, 2.45) is 0 Å². The lowest BCUT2D eigenvalue weighted by Crippen LogP contribution is -2.48. The molecule has 0 spiro atoms. The van der Waals surface area contributed by atoms with Crippen LogP contribution in [0.1, 0.15) is 12.5 Å². The highest BCUT2D eigenvalue weighted by molar-refractivity contribution is 7.80. The Morgan fingerprint density at radius 1 is 1.15 bits per heavy atom. The smallest absolute Gasteiger partial charge is 0.189 e. The number of hydrogen-bond acceptors (Lipinski definition) is 3. The van der Waals surface area contributed by atoms with Gasteiger partial charge in [-0.15, -0.1) is 0 Å². The number of aryl methyl sites for hydroxylation is 1. The van der Waals surface area contributed by atoms with E-state index in [0.717, 1.165) is 12.1 Å². The summed E-state index contributed by atoms with van der Waals surface area (Å²) in [5, 5.41) is 7.03. The number of rotatable bonds is 5. The van der Waals surface area contributed by atoms with Crippen LogP contribution >= 0.6 is 24.4 Å². The van der Waals surface area contributed by atoms with E-state index >= 15 is 0 Å².